The summed E-state index contributed by atoms with van der Waals surface area (Å²) in [7, 11) is 0. The summed E-state index contributed by atoms with van der Waals surface area (Å²) in [6.45, 7) is 14.0. The van der Waals surface area contributed by atoms with Crippen molar-refractivity contribution in [2.45, 2.75) is 59.0 Å². The summed E-state index contributed by atoms with van der Waals surface area (Å²) in [4.78, 5) is 0. The van der Waals surface area contributed by atoms with Gasteiger partial charge in [0.2, 0.25) is 0 Å². The third-order valence-corrected chi connectivity index (χ3v) is 4.15. The van der Waals surface area contributed by atoms with E-state index in [4.69, 9.17) is 0 Å². The summed E-state index contributed by atoms with van der Waals surface area (Å²) in [5.41, 5.74) is 1.98. The lowest BCUT2D eigenvalue weighted by molar-refractivity contribution is -0.730. The largest absolute Gasteiger partial charge is 0.342 e. The highest BCUT2D eigenvalue weighted by Gasteiger charge is 2.36. The van der Waals surface area contributed by atoms with Gasteiger partial charge in [-0.25, -0.2) is 0 Å². The summed E-state index contributed by atoms with van der Waals surface area (Å²) < 4.78 is 0. The molecular formula is C14H30N2+2. The minimum Gasteiger partial charge on any atom is -0.342 e. The highest BCUT2D eigenvalue weighted by atomic mass is 15.0. The van der Waals surface area contributed by atoms with Gasteiger partial charge >= 0.3 is 0 Å². The van der Waals surface area contributed by atoms with Crippen LogP contribution in [0.25, 0.3) is 0 Å². The van der Waals surface area contributed by atoms with Crippen LogP contribution in [0, 0.1) is 5.92 Å². The van der Waals surface area contributed by atoms with E-state index in [0.717, 1.165) is 12.0 Å². The van der Waals surface area contributed by atoms with Gasteiger partial charge in [-0.1, -0.05) is 6.08 Å². The number of hydrogen-bond acceptors (Lipinski definition) is 0. The van der Waals surface area contributed by atoms with Crippen molar-refractivity contribution in [1.29, 1.82) is 0 Å². The Bertz CT molecular complexity index is 243. The lowest BCUT2D eigenvalue weighted by atomic mass is 9.75. The first-order valence-electron chi connectivity index (χ1n) is 6.85. The minimum absolute atomic E-state index is 0.395. The number of allylic oxidation sites excluding steroid dienone is 1. The molecular weight excluding hydrogens is 196 g/mol. The van der Waals surface area contributed by atoms with E-state index in [9.17, 15) is 0 Å². The van der Waals surface area contributed by atoms with Gasteiger partial charge in [-0.2, -0.15) is 0 Å². The van der Waals surface area contributed by atoms with Crippen LogP contribution in [0.4, 0.5) is 0 Å². The number of quaternary nitrogens is 2. The second-order valence-corrected chi connectivity index (χ2v) is 5.80. The highest BCUT2D eigenvalue weighted by Crippen LogP contribution is 2.28. The van der Waals surface area contributed by atoms with Crippen molar-refractivity contribution in [2.75, 3.05) is 13.1 Å². The lowest BCUT2D eigenvalue weighted by Gasteiger charge is -2.36. The Balaban J connectivity index is 2.65. The van der Waals surface area contributed by atoms with E-state index < -0.39 is 0 Å². The van der Waals surface area contributed by atoms with E-state index in [1.54, 1.807) is 5.57 Å². The summed E-state index contributed by atoms with van der Waals surface area (Å²) in [6.07, 6.45) is 5.08. The van der Waals surface area contributed by atoms with Gasteiger partial charge in [-0.3, -0.25) is 0 Å². The van der Waals surface area contributed by atoms with E-state index >= 15 is 0 Å². The average molecular weight is 226 g/mol. The Hall–Kier alpha value is -0.340. The first-order chi connectivity index (χ1) is 7.51. The predicted molar refractivity (Wildman–Crippen MR) is 69.3 cm³/mol. The van der Waals surface area contributed by atoms with Crippen LogP contribution < -0.4 is 10.6 Å². The first-order valence-corrected chi connectivity index (χ1v) is 6.85. The SMILES string of the molecule is CC[NH2+][C@@H]1C[C@@H](C(C)(C)[NH2+]CC)CC=C1C. The monoisotopic (exact) mass is 226 g/mol. The fourth-order valence-corrected chi connectivity index (χ4v) is 2.94. The van der Waals surface area contributed by atoms with Gasteiger partial charge in [0.25, 0.3) is 0 Å². The summed E-state index contributed by atoms with van der Waals surface area (Å²) in [6, 6.07) is 0.730. The van der Waals surface area contributed by atoms with E-state index in [2.05, 4.69) is 51.3 Å². The van der Waals surface area contributed by atoms with Crippen molar-refractivity contribution in [1.82, 2.24) is 0 Å². The molecule has 0 bridgehead atoms. The standard InChI is InChI=1S/C14H28N2/c1-6-15-13-10-12(9-8-11(13)3)14(4,5)16-7-2/h8,12-13,15-16H,6-7,9-10H2,1-5H3/p+2/t12-,13+/m0/s1. The van der Waals surface area contributed by atoms with Gasteiger partial charge in [-0.05, 0) is 46.6 Å². The molecule has 0 aliphatic heterocycles. The molecule has 0 heterocycles. The Kier molecular flexibility index (Phi) is 5.00. The zero-order chi connectivity index (χ0) is 12.2. The van der Waals surface area contributed by atoms with Crippen molar-refractivity contribution >= 4 is 0 Å². The molecule has 0 saturated heterocycles. The molecule has 0 spiro atoms. The van der Waals surface area contributed by atoms with Crippen LogP contribution in [0.5, 0.6) is 0 Å². The lowest BCUT2D eigenvalue weighted by Crippen LogP contribution is -2.97. The molecule has 0 fully saturated rings. The van der Waals surface area contributed by atoms with Gasteiger partial charge in [-0.15, -0.1) is 0 Å². The minimum atomic E-state index is 0.395. The Morgan fingerprint density at radius 3 is 2.56 bits per heavy atom. The van der Waals surface area contributed by atoms with Crippen molar-refractivity contribution in [2.24, 2.45) is 5.92 Å². The van der Waals surface area contributed by atoms with E-state index in [0.29, 0.717) is 5.54 Å². The van der Waals surface area contributed by atoms with Crippen LogP contribution in [0.3, 0.4) is 0 Å². The predicted octanol–water partition coefficient (Wildman–Crippen LogP) is 0.657. The highest BCUT2D eigenvalue weighted by molar-refractivity contribution is 5.10. The third-order valence-electron chi connectivity index (χ3n) is 4.15. The molecule has 0 aromatic heterocycles. The second-order valence-electron chi connectivity index (χ2n) is 5.80. The molecule has 0 unspecified atom stereocenters. The van der Waals surface area contributed by atoms with Crippen LogP contribution >= 0.6 is 0 Å². The number of hydrogen-bond donors (Lipinski definition) is 2. The molecule has 2 heteroatoms. The van der Waals surface area contributed by atoms with Gasteiger partial charge < -0.3 is 10.6 Å². The van der Waals surface area contributed by atoms with E-state index in [1.165, 1.54) is 25.9 Å². The van der Waals surface area contributed by atoms with Crippen LogP contribution in [0.15, 0.2) is 11.6 Å². The average Bonchev–Trinajstić information content (AvgIpc) is 2.21. The summed E-state index contributed by atoms with van der Waals surface area (Å²) >= 11 is 0. The molecule has 0 aromatic carbocycles. The summed E-state index contributed by atoms with van der Waals surface area (Å²) in [5, 5.41) is 4.98. The molecule has 0 radical (unpaired) electrons. The molecule has 0 amide bonds. The normalized spacial score (nSPS) is 26.7. The third kappa shape index (κ3) is 3.33. The van der Waals surface area contributed by atoms with Gasteiger partial charge in [0, 0.05) is 12.3 Å². The van der Waals surface area contributed by atoms with Crippen LogP contribution in [0.1, 0.15) is 47.5 Å². The quantitative estimate of drug-likeness (QED) is 0.646. The Labute approximate surface area is 101 Å². The molecule has 1 aliphatic rings. The smallest absolute Gasteiger partial charge is 0.108 e. The number of nitrogens with two attached hydrogens (primary N) is 2. The molecule has 0 saturated carbocycles. The van der Waals surface area contributed by atoms with Gasteiger partial charge in [0.05, 0.1) is 18.6 Å². The molecule has 2 atom stereocenters. The van der Waals surface area contributed by atoms with E-state index in [-0.39, 0.29) is 0 Å². The Morgan fingerprint density at radius 2 is 2.00 bits per heavy atom. The zero-order valence-corrected chi connectivity index (χ0v) is 11.7. The van der Waals surface area contributed by atoms with Crippen LogP contribution in [-0.4, -0.2) is 24.7 Å². The van der Waals surface area contributed by atoms with Crippen LogP contribution in [0.2, 0.25) is 0 Å². The van der Waals surface area contributed by atoms with Crippen molar-refractivity contribution < 1.29 is 10.6 Å². The first kappa shape index (κ1) is 13.7. The molecule has 2 nitrogen and oxygen atoms in total. The number of rotatable bonds is 5. The molecule has 1 aliphatic carbocycles. The molecule has 16 heavy (non-hydrogen) atoms. The summed E-state index contributed by atoms with van der Waals surface area (Å²) in [5.74, 6) is 0.823. The molecule has 0 aromatic rings. The van der Waals surface area contributed by atoms with Crippen molar-refractivity contribution in [3.05, 3.63) is 11.6 Å². The maximum Gasteiger partial charge on any atom is 0.108 e. The topological polar surface area (TPSA) is 33.2 Å². The van der Waals surface area contributed by atoms with Gasteiger partial charge in [0.1, 0.15) is 6.04 Å². The second kappa shape index (κ2) is 5.83. The Morgan fingerprint density at radius 1 is 1.31 bits per heavy atom. The molecule has 4 N–H and O–H groups in total. The maximum atomic E-state index is 2.50. The van der Waals surface area contributed by atoms with Crippen molar-refractivity contribution in [3.63, 3.8) is 0 Å². The van der Waals surface area contributed by atoms with Crippen molar-refractivity contribution in [3.8, 4) is 0 Å². The molecule has 1 rings (SSSR count). The van der Waals surface area contributed by atoms with E-state index in [1.807, 2.05) is 0 Å². The fourth-order valence-electron chi connectivity index (χ4n) is 2.94. The maximum absolute atomic E-state index is 2.50. The van der Waals surface area contributed by atoms with Crippen LogP contribution in [-0.2, 0) is 0 Å². The zero-order valence-electron chi connectivity index (χ0n) is 11.7. The van der Waals surface area contributed by atoms with Gasteiger partial charge in [0.15, 0.2) is 0 Å². The fraction of sp³-hybridized carbons (Fsp3) is 0.857. The number of likely N-dealkylation sites (N-methyl/N-ethyl adjacent to an activating group) is 1. The molecule has 94 valence electrons.